The molecular formula is C31H25ClN4O3. The summed E-state index contributed by atoms with van der Waals surface area (Å²) in [5.74, 6) is -0.784. The first-order valence-electron chi connectivity index (χ1n) is 12.5. The van der Waals surface area contributed by atoms with Crippen LogP contribution in [0.3, 0.4) is 0 Å². The molecule has 4 aromatic rings. The molecule has 1 aliphatic carbocycles. The number of anilines is 1. The molecular weight excluding hydrogens is 512 g/mol. The van der Waals surface area contributed by atoms with Crippen molar-refractivity contribution in [2.24, 2.45) is 16.5 Å². The van der Waals surface area contributed by atoms with Crippen molar-refractivity contribution in [2.45, 2.75) is 24.7 Å². The lowest BCUT2D eigenvalue weighted by Gasteiger charge is -2.13. The molecule has 2 atom stereocenters. The van der Waals surface area contributed by atoms with Gasteiger partial charge in [0, 0.05) is 28.3 Å². The third-order valence-electron chi connectivity index (χ3n) is 7.74. The quantitative estimate of drug-likeness (QED) is 0.203. The van der Waals surface area contributed by atoms with Gasteiger partial charge in [0.05, 0.1) is 10.4 Å². The van der Waals surface area contributed by atoms with Crippen LogP contribution in [-0.4, -0.2) is 22.9 Å². The molecule has 1 saturated carbocycles. The van der Waals surface area contributed by atoms with E-state index in [-0.39, 0.29) is 23.5 Å². The van der Waals surface area contributed by atoms with E-state index in [4.69, 9.17) is 23.1 Å². The van der Waals surface area contributed by atoms with Crippen LogP contribution in [0.5, 0.6) is 5.75 Å². The molecule has 7 nitrogen and oxygen atoms in total. The zero-order chi connectivity index (χ0) is 27.5. The molecule has 0 bridgehead atoms. The smallest absolute Gasteiger partial charge is 0.280 e. The fourth-order valence-corrected chi connectivity index (χ4v) is 5.92. The highest BCUT2D eigenvalue weighted by atomic mass is 35.5. The number of aryl methyl sites for hydroxylation is 1. The van der Waals surface area contributed by atoms with Crippen LogP contribution in [0.15, 0.2) is 83.9 Å². The van der Waals surface area contributed by atoms with E-state index in [1.54, 1.807) is 24.3 Å². The van der Waals surface area contributed by atoms with Gasteiger partial charge in [0.2, 0.25) is 5.91 Å². The maximum Gasteiger partial charge on any atom is 0.280 e. The van der Waals surface area contributed by atoms with Gasteiger partial charge in [-0.15, -0.1) is 0 Å². The molecule has 1 heterocycles. The number of para-hydroxylation sites is 1. The summed E-state index contributed by atoms with van der Waals surface area (Å²) in [5, 5.41) is 13.7. The summed E-state index contributed by atoms with van der Waals surface area (Å²) in [7, 11) is 0. The largest absolute Gasteiger partial charge is 0.507 e. The number of phenolic OH excluding ortho intramolecular Hbond substituents is 1. The Balaban J connectivity index is 1.36. The molecule has 1 aliphatic heterocycles. The summed E-state index contributed by atoms with van der Waals surface area (Å²) in [4.78, 5) is 29.6. The molecule has 0 saturated heterocycles. The van der Waals surface area contributed by atoms with Crippen LogP contribution in [-0.2, 0) is 10.2 Å². The minimum atomic E-state index is -0.740. The fourth-order valence-electron chi connectivity index (χ4n) is 5.65. The van der Waals surface area contributed by atoms with Crippen molar-refractivity contribution in [1.29, 1.82) is 0 Å². The Kier molecular flexibility index (Phi) is 5.70. The highest BCUT2D eigenvalue weighted by molar-refractivity contribution is 6.34. The Morgan fingerprint density at radius 3 is 2.38 bits per heavy atom. The number of fused-ring (bicyclic) bond motifs is 2. The minimum absolute atomic E-state index is 0.0803. The molecule has 1 spiro atoms. The molecule has 39 heavy (non-hydrogen) atoms. The van der Waals surface area contributed by atoms with E-state index in [0.29, 0.717) is 22.7 Å². The van der Waals surface area contributed by atoms with Crippen molar-refractivity contribution >= 4 is 35.1 Å². The Labute approximate surface area is 230 Å². The molecule has 2 amide bonds. The molecule has 8 heteroatoms. The second kappa shape index (κ2) is 8.99. The van der Waals surface area contributed by atoms with E-state index < -0.39 is 11.3 Å². The van der Waals surface area contributed by atoms with Gasteiger partial charge in [0.1, 0.15) is 5.75 Å². The number of nitrogens with zero attached hydrogens (tertiary/aromatic N) is 1. The van der Waals surface area contributed by atoms with Crippen LogP contribution >= 0.6 is 11.6 Å². The van der Waals surface area contributed by atoms with Crippen molar-refractivity contribution in [2.75, 3.05) is 5.32 Å². The Bertz CT molecular complexity index is 1710. The lowest BCUT2D eigenvalue weighted by molar-refractivity contribution is -0.118. The first-order valence-corrected chi connectivity index (χ1v) is 12.9. The van der Waals surface area contributed by atoms with Crippen LogP contribution in [0.1, 0.15) is 39.4 Å². The molecule has 4 aromatic carbocycles. The second-order valence-corrected chi connectivity index (χ2v) is 10.5. The average molecular weight is 537 g/mol. The SMILES string of the molecule is Cc1ccc(C2CC23C(=O)Nc2cc(Cl)c(-c4ccc(-c5ccccc5O)cc4)cc23)cc1C(=O)N=C(N)N. The van der Waals surface area contributed by atoms with Crippen molar-refractivity contribution < 1.29 is 14.7 Å². The maximum absolute atomic E-state index is 13.3. The van der Waals surface area contributed by atoms with E-state index in [0.717, 1.165) is 38.9 Å². The summed E-state index contributed by atoms with van der Waals surface area (Å²) < 4.78 is 0. The molecule has 6 N–H and O–H groups in total. The topological polar surface area (TPSA) is 131 Å². The minimum Gasteiger partial charge on any atom is -0.507 e. The van der Waals surface area contributed by atoms with E-state index in [9.17, 15) is 14.7 Å². The zero-order valence-electron chi connectivity index (χ0n) is 21.0. The predicted molar refractivity (Wildman–Crippen MR) is 153 cm³/mol. The van der Waals surface area contributed by atoms with E-state index in [2.05, 4.69) is 10.3 Å². The van der Waals surface area contributed by atoms with Gasteiger partial charge >= 0.3 is 0 Å². The predicted octanol–water partition coefficient (Wildman–Crippen LogP) is 5.48. The van der Waals surface area contributed by atoms with Gasteiger partial charge < -0.3 is 21.9 Å². The van der Waals surface area contributed by atoms with Gasteiger partial charge in [-0.3, -0.25) is 9.59 Å². The Morgan fingerprint density at radius 1 is 1.00 bits per heavy atom. The van der Waals surface area contributed by atoms with Crippen molar-refractivity contribution in [3.8, 4) is 28.0 Å². The number of aromatic hydroxyl groups is 1. The number of phenols is 1. The van der Waals surface area contributed by atoms with Gasteiger partial charge in [-0.2, -0.15) is 4.99 Å². The Morgan fingerprint density at radius 2 is 1.69 bits per heavy atom. The average Bonchev–Trinajstić information content (AvgIpc) is 3.60. The number of nitrogens with two attached hydrogens (primary N) is 2. The van der Waals surface area contributed by atoms with Gasteiger partial charge in [-0.25, -0.2) is 0 Å². The summed E-state index contributed by atoms with van der Waals surface area (Å²) in [5.41, 5.74) is 17.0. The van der Waals surface area contributed by atoms with Gasteiger partial charge in [-0.05, 0) is 65.4 Å². The first kappa shape index (κ1) is 24.7. The third-order valence-corrected chi connectivity index (χ3v) is 8.05. The number of carbonyl (C=O) groups excluding carboxylic acids is 2. The van der Waals surface area contributed by atoms with Gasteiger partial charge in [0.25, 0.3) is 5.91 Å². The number of hydrogen-bond donors (Lipinski definition) is 4. The number of carbonyl (C=O) groups is 2. The number of rotatable bonds is 4. The van der Waals surface area contributed by atoms with Crippen molar-refractivity contribution in [3.63, 3.8) is 0 Å². The van der Waals surface area contributed by atoms with Gasteiger partial charge in [-0.1, -0.05) is 66.2 Å². The monoisotopic (exact) mass is 536 g/mol. The number of guanidine groups is 1. The third kappa shape index (κ3) is 4.02. The van der Waals surface area contributed by atoms with E-state index >= 15 is 0 Å². The molecule has 0 radical (unpaired) electrons. The van der Waals surface area contributed by atoms with Crippen molar-refractivity contribution in [1.82, 2.24) is 0 Å². The van der Waals surface area contributed by atoms with Crippen LogP contribution in [0.25, 0.3) is 22.3 Å². The first-order chi connectivity index (χ1) is 18.7. The maximum atomic E-state index is 13.3. The molecule has 2 unspecified atom stereocenters. The summed E-state index contributed by atoms with van der Waals surface area (Å²) >= 11 is 6.69. The summed E-state index contributed by atoms with van der Waals surface area (Å²) in [6.45, 7) is 1.82. The number of nitrogens with one attached hydrogen (secondary N) is 1. The van der Waals surface area contributed by atoms with Gasteiger partial charge in [0.15, 0.2) is 5.96 Å². The molecule has 0 aromatic heterocycles. The van der Waals surface area contributed by atoms with Crippen LogP contribution in [0.4, 0.5) is 5.69 Å². The summed E-state index contributed by atoms with van der Waals surface area (Å²) in [6.07, 6.45) is 0.609. The second-order valence-electron chi connectivity index (χ2n) is 10.1. The van der Waals surface area contributed by atoms with Crippen LogP contribution in [0.2, 0.25) is 5.02 Å². The standard InChI is InChI=1S/C31H25ClN4O3/c1-16-6-7-19(12-21(16)28(38)36-30(33)34)24-15-31(24)23-13-22(25(32)14-26(23)35-29(31)39)18-10-8-17(9-11-18)20-4-2-3-5-27(20)37/h2-14,24,37H,15H2,1H3,(H,35,39)(H4,33,34,36,38). The number of halogens is 1. The molecule has 2 aliphatic rings. The molecule has 6 rings (SSSR count). The lowest BCUT2D eigenvalue weighted by atomic mass is 9.89. The van der Waals surface area contributed by atoms with E-state index in [1.807, 2.05) is 61.5 Å². The molecule has 1 fully saturated rings. The molecule has 194 valence electrons. The van der Waals surface area contributed by atoms with Crippen molar-refractivity contribution in [3.05, 3.63) is 106 Å². The van der Waals surface area contributed by atoms with Crippen LogP contribution < -0.4 is 16.8 Å². The summed E-state index contributed by atoms with van der Waals surface area (Å²) in [6, 6.07) is 24.3. The van der Waals surface area contributed by atoms with E-state index in [1.165, 1.54) is 0 Å². The Hall–Kier alpha value is -4.62. The fraction of sp³-hybridized carbons (Fsp3) is 0.129. The highest BCUT2D eigenvalue weighted by Crippen LogP contribution is 2.65. The lowest BCUT2D eigenvalue weighted by Crippen LogP contribution is -2.24. The highest BCUT2D eigenvalue weighted by Gasteiger charge is 2.65. The number of hydrogen-bond acceptors (Lipinski definition) is 3. The zero-order valence-corrected chi connectivity index (χ0v) is 21.8. The number of benzene rings is 4. The number of amides is 2. The normalized spacial score (nSPS) is 18.9. The van der Waals surface area contributed by atoms with Crippen LogP contribution in [0, 0.1) is 6.92 Å². The number of aliphatic imine (C=N–C) groups is 1.